The van der Waals surface area contributed by atoms with Crippen molar-refractivity contribution in [3.8, 4) is 17.2 Å². The minimum Gasteiger partial charge on any atom is -0.493 e. The Morgan fingerprint density at radius 2 is 1.68 bits per heavy atom. The number of carbonyl (C=O) groups is 1. The Bertz CT molecular complexity index is 758. The molecule has 1 aromatic rings. The van der Waals surface area contributed by atoms with Gasteiger partial charge < -0.3 is 14.2 Å². The number of nitrogens with zero attached hydrogens (tertiary/aromatic N) is 2. The molecule has 1 atom stereocenters. The van der Waals surface area contributed by atoms with Crippen molar-refractivity contribution in [2.75, 3.05) is 21.3 Å². The molecule has 152 valence electrons. The van der Waals surface area contributed by atoms with Gasteiger partial charge in [-0.25, -0.2) is 5.01 Å². The molecule has 4 rings (SSSR count). The number of hydrogen-bond donors (Lipinski definition) is 0. The fourth-order valence-corrected chi connectivity index (χ4v) is 5.37. The van der Waals surface area contributed by atoms with Crippen LogP contribution in [0.1, 0.15) is 68.1 Å². The summed E-state index contributed by atoms with van der Waals surface area (Å²) >= 11 is 0. The molecule has 0 bridgehead atoms. The number of hydrazone groups is 1. The predicted molar refractivity (Wildman–Crippen MR) is 107 cm³/mol. The lowest BCUT2D eigenvalue weighted by atomic mass is 9.67. The Morgan fingerprint density at radius 1 is 1.00 bits per heavy atom. The number of ether oxygens (including phenoxy) is 3. The van der Waals surface area contributed by atoms with Gasteiger partial charge in [0.1, 0.15) is 0 Å². The first-order valence-corrected chi connectivity index (χ1v) is 10.4. The van der Waals surface area contributed by atoms with Gasteiger partial charge in [0.25, 0.3) is 5.91 Å². The molecule has 28 heavy (non-hydrogen) atoms. The van der Waals surface area contributed by atoms with Gasteiger partial charge in [0, 0.05) is 17.2 Å². The zero-order valence-corrected chi connectivity index (χ0v) is 17.1. The summed E-state index contributed by atoms with van der Waals surface area (Å²) < 4.78 is 16.3. The zero-order valence-electron chi connectivity index (χ0n) is 17.1. The average molecular weight is 386 g/mol. The van der Waals surface area contributed by atoms with Crippen LogP contribution in [0.25, 0.3) is 0 Å². The number of methoxy groups -OCH3 is 3. The maximum absolute atomic E-state index is 13.7. The highest BCUT2D eigenvalue weighted by molar-refractivity contribution is 6.00. The van der Waals surface area contributed by atoms with Crippen LogP contribution in [-0.2, 0) is 0 Å². The van der Waals surface area contributed by atoms with Crippen LogP contribution in [0.5, 0.6) is 17.2 Å². The van der Waals surface area contributed by atoms with E-state index < -0.39 is 0 Å². The molecule has 6 nitrogen and oxygen atoms in total. The summed E-state index contributed by atoms with van der Waals surface area (Å²) in [5.74, 6) is 1.84. The Kier molecular flexibility index (Phi) is 5.21. The van der Waals surface area contributed by atoms with E-state index in [0.29, 0.717) is 28.7 Å². The van der Waals surface area contributed by atoms with E-state index >= 15 is 0 Å². The Morgan fingerprint density at radius 3 is 2.29 bits per heavy atom. The quantitative estimate of drug-likeness (QED) is 0.769. The highest BCUT2D eigenvalue weighted by Crippen LogP contribution is 2.49. The van der Waals surface area contributed by atoms with Gasteiger partial charge in [0.15, 0.2) is 11.5 Å². The van der Waals surface area contributed by atoms with Crippen molar-refractivity contribution in [3.05, 3.63) is 17.7 Å². The second-order valence-electron chi connectivity index (χ2n) is 8.08. The largest absolute Gasteiger partial charge is 0.493 e. The molecule has 1 unspecified atom stereocenters. The summed E-state index contributed by atoms with van der Waals surface area (Å²) in [5, 5.41) is 6.74. The fraction of sp³-hybridized carbons (Fsp3) is 0.636. The second-order valence-corrected chi connectivity index (χ2v) is 8.08. The van der Waals surface area contributed by atoms with Crippen LogP contribution >= 0.6 is 0 Å². The van der Waals surface area contributed by atoms with Gasteiger partial charge in [-0.2, -0.15) is 5.10 Å². The lowest BCUT2D eigenvalue weighted by Gasteiger charge is -2.44. The van der Waals surface area contributed by atoms with Gasteiger partial charge in [-0.3, -0.25) is 4.79 Å². The van der Waals surface area contributed by atoms with Gasteiger partial charge in [0.05, 0.1) is 26.9 Å². The number of rotatable bonds is 4. The lowest BCUT2D eigenvalue weighted by molar-refractivity contribution is 0.0286. The molecule has 1 heterocycles. The third-order valence-electron chi connectivity index (χ3n) is 6.70. The molecule has 2 saturated carbocycles. The Balaban J connectivity index is 1.75. The van der Waals surface area contributed by atoms with Gasteiger partial charge >= 0.3 is 0 Å². The minimum absolute atomic E-state index is 0.0666. The third kappa shape index (κ3) is 2.93. The summed E-state index contributed by atoms with van der Waals surface area (Å²) in [6.45, 7) is 0. The van der Waals surface area contributed by atoms with Gasteiger partial charge in [-0.05, 0) is 44.2 Å². The van der Waals surface area contributed by atoms with E-state index in [1.54, 1.807) is 33.5 Å². The highest BCUT2D eigenvalue weighted by atomic mass is 16.5. The molecule has 0 saturated heterocycles. The van der Waals surface area contributed by atoms with Crippen LogP contribution in [0.3, 0.4) is 0 Å². The molecule has 2 fully saturated rings. The average Bonchev–Trinajstić information content (AvgIpc) is 3.06. The number of benzene rings is 1. The van der Waals surface area contributed by atoms with E-state index in [-0.39, 0.29) is 11.4 Å². The predicted octanol–water partition coefficient (Wildman–Crippen LogP) is 4.42. The van der Waals surface area contributed by atoms with Crippen molar-refractivity contribution in [2.45, 2.75) is 63.3 Å². The van der Waals surface area contributed by atoms with Crippen molar-refractivity contribution in [2.24, 2.45) is 11.0 Å². The Hall–Kier alpha value is -2.24. The SMILES string of the molecule is COc1cc(C(=O)N2N=C3CCCCC3C23CCCCC3)cc(OC)c1OC. The molecule has 1 amide bonds. The number of hydrogen-bond acceptors (Lipinski definition) is 5. The number of fused-ring (bicyclic) bond motifs is 2. The van der Waals surface area contributed by atoms with Crippen LogP contribution in [0.2, 0.25) is 0 Å². The van der Waals surface area contributed by atoms with E-state index in [1.807, 2.05) is 5.01 Å². The first-order chi connectivity index (χ1) is 13.6. The van der Waals surface area contributed by atoms with E-state index in [4.69, 9.17) is 19.3 Å². The zero-order chi connectivity index (χ0) is 19.7. The number of amides is 1. The first kappa shape index (κ1) is 19.1. The van der Waals surface area contributed by atoms with Crippen molar-refractivity contribution in [3.63, 3.8) is 0 Å². The topological polar surface area (TPSA) is 60.4 Å². The standard InChI is InChI=1S/C22H30N2O4/c1-26-18-13-15(14-19(27-2)20(18)28-3)21(25)24-22(11-7-4-8-12-22)16-9-5-6-10-17(16)23-24/h13-14,16H,4-12H2,1-3H3. The van der Waals surface area contributed by atoms with Crippen molar-refractivity contribution in [1.82, 2.24) is 5.01 Å². The smallest absolute Gasteiger partial charge is 0.274 e. The van der Waals surface area contributed by atoms with Gasteiger partial charge in [0.2, 0.25) is 5.75 Å². The summed E-state index contributed by atoms with van der Waals surface area (Å²) in [5.41, 5.74) is 1.61. The van der Waals surface area contributed by atoms with Crippen molar-refractivity contribution in [1.29, 1.82) is 0 Å². The van der Waals surface area contributed by atoms with Gasteiger partial charge in [-0.15, -0.1) is 0 Å². The fourth-order valence-electron chi connectivity index (χ4n) is 5.37. The van der Waals surface area contributed by atoms with Crippen LogP contribution in [-0.4, -0.2) is 43.5 Å². The highest BCUT2D eigenvalue weighted by Gasteiger charge is 2.53. The maximum atomic E-state index is 13.7. The summed E-state index contributed by atoms with van der Waals surface area (Å²) in [6.07, 6.45) is 10.2. The molecule has 0 radical (unpaired) electrons. The van der Waals surface area contributed by atoms with Crippen LogP contribution < -0.4 is 14.2 Å². The maximum Gasteiger partial charge on any atom is 0.274 e. The molecule has 1 spiro atoms. The van der Waals surface area contributed by atoms with Crippen molar-refractivity contribution < 1.29 is 19.0 Å². The second kappa shape index (κ2) is 7.64. The van der Waals surface area contributed by atoms with E-state index in [2.05, 4.69) is 0 Å². The van der Waals surface area contributed by atoms with E-state index in [0.717, 1.165) is 25.7 Å². The molecule has 0 aromatic heterocycles. The lowest BCUT2D eigenvalue weighted by Crippen LogP contribution is -2.52. The molecule has 6 heteroatoms. The summed E-state index contributed by atoms with van der Waals surface area (Å²) in [4.78, 5) is 13.7. The third-order valence-corrected chi connectivity index (χ3v) is 6.70. The Labute approximate surface area is 166 Å². The first-order valence-electron chi connectivity index (χ1n) is 10.4. The minimum atomic E-state index is -0.147. The van der Waals surface area contributed by atoms with Gasteiger partial charge in [-0.1, -0.05) is 25.7 Å². The monoisotopic (exact) mass is 386 g/mol. The molecular formula is C22H30N2O4. The van der Waals surface area contributed by atoms with E-state index in [9.17, 15) is 4.79 Å². The molecule has 3 aliphatic rings. The molecule has 2 aliphatic carbocycles. The van der Waals surface area contributed by atoms with Crippen LogP contribution in [0.15, 0.2) is 17.2 Å². The number of carbonyl (C=O) groups excluding carboxylic acids is 1. The molecule has 1 aliphatic heterocycles. The van der Waals surface area contributed by atoms with Crippen LogP contribution in [0, 0.1) is 5.92 Å². The summed E-state index contributed by atoms with van der Waals surface area (Å²) in [6, 6.07) is 3.48. The molecule has 1 aromatic carbocycles. The normalized spacial score (nSPS) is 23.2. The summed E-state index contributed by atoms with van der Waals surface area (Å²) in [7, 11) is 4.70. The van der Waals surface area contributed by atoms with Crippen LogP contribution in [0.4, 0.5) is 0 Å². The van der Waals surface area contributed by atoms with Crippen molar-refractivity contribution >= 4 is 11.6 Å². The molecular weight excluding hydrogens is 356 g/mol. The van der Waals surface area contributed by atoms with E-state index in [1.165, 1.54) is 37.8 Å². The molecule has 0 N–H and O–H groups in total.